The lowest BCUT2D eigenvalue weighted by Crippen LogP contribution is -2.04. The standard InChI is InChI=1S/C12H13ClN2O2/c1-7(14)12-15-6-11(17-12)9-5-8(13)3-4-10(9)16-2/h3-7H,14H2,1-2H3. The fourth-order valence-electron chi connectivity index (χ4n) is 1.50. The van der Waals surface area contributed by atoms with E-state index in [-0.39, 0.29) is 6.04 Å². The molecular formula is C12H13ClN2O2. The van der Waals surface area contributed by atoms with E-state index in [1.165, 1.54) is 0 Å². The Balaban J connectivity index is 2.47. The fraction of sp³-hybridized carbons (Fsp3) is 0.250. The summed E-state index contributed by atoms with van der Waals surface area (Å²) >= 11 is 5.95. The summed E-state index contributed by atoms with van der Waals surface area (Å²) in [6.45, 7) is 1.81. The Bertz CT molecular complexity index is 523. The minimum atomic E-state index is -0.242. The molecule has 1 atom stereocenters. The lowest BCUT2D eigenvalue weighted by Gasteiger charge is -2.06. The third-order valence-electron chi connectivity index (χ3n) is 2.34. The van der Waals surface area contributed by atoms with Gasteiger partial charge in [-0.15, -0.1) is 0 Å². The first-order valence-electron chi connectivity index (χ1n) is 5.17. The van der Waals surface area contributed by atoms with E-state index in [0.29, 0.717) is 22.4 Å². The number of oxazole rings is 1. The van der Waals surface area contributed by atoms with Crippen molar-refractivity contribution in [3.63, 3.8) is 0 Å². The lowest BCUT2D eigenvalue weighted by atomic mass is 10.1. The van der Waals surface area contributed by atoms with Gasteiger partial charge in [0.2, 0.25) is 5.89 Å². The van der Waals surface area contributed by atoms with Gasteiger partial charge in [0.05, 0.1) is 24.9 Å². The molecule has 1 aromatic heterocycles. The van der Waals surface area contributed by atoms with Crippen molar-refractivity contribution >= 4 is 11.6 Å². The number of methoxy groups -OCH3 is 1. The molecule has 0 radical (unpaired) electrons. The van der Waals surface area contributed by atoms with Crippen molar-refractivity contribution in [2.24, 2.45) is 5.73 Å². The zero-order chi connectivity index (χ0) is 12.4. The summed E-state index contributed by atoms with van der Waals surface area (Å²) in [4.78, 5) is 4.11. The molecule has 5 heteroatoms. The third kappa shape index (κ3) is 2.43. The number of rotatable bonds is 3. The van der Waals surface area contributed by atoms with E-state index in [9.17, 15) is 0 Å². The second-order valence-corrected chi connectivity index (χ2v) is 4.13. The molecule has 90 valence electrons. The van der Waals surface area contributed by atoms with E-state index in [2.05, 4.69) is 4.98 Å². The van der Waals surface area contributed by atoms with Crippen LogP contribution in [0.15, 0.2) is 28.8 Å². The Hall–Kier alpha value is -1.52. The predicted octanol–water partition coefficient (Wildman–Crippen LogP) is 3.02. The van der Waals surface area contributed by atoms with Crippen LogP contribution < -0.4 is 10.5 Å². The van der Waals surface area contributed by atoms with Gasteiger partial charge < -0.3 is 14.9 Å². The average molecular weight is 253 g/mol. The first-order chi connectivity index (χ1) is 8.11. The molecule has 0 fully saturated rings. The second kappa shape index (κ2) is 4.77. The van der Waals surface area contributed by atoms with Crippen molar-refractivity contribution < 1.29 is 9.15 Å². The maximum absolute atomic E-state index is 5.95. The molecule has 1 unspecified atom stereocenters. The first-order valence-corrected chi connectivity index (χ1v) is 5.55. The molecule has 0 bridgehead atoms. The Labute approximate surface area is 104 Å². The maximum atomic E-state index is 5.95. The Morgan fingerprint density at radius 3 is 2.82 bits per heavy atom. The number of hydrogen-bond donors (Lipinski definition) is 1. The molecule has 4 nitrogen and oxygen atoms in total. The minimum Gasteiger partial charge on any atom is -0.496 e. The second-order valence-electron chi connectivity index (χ2n) is 3.70. The van der Waals surface area contributed by atoms with Crippen LogP contribution in [0.2, 0.25) is 5.02 Å². The summed E-state index contributed by atoms with van der Waals surface area (Å²) in [5.41, 5.74) is 6.46. The summed E-state index contributed by atoms with van der Waals surface area (Å²) in [5, 5.41) is 0.611. The van der Waals surface area contributed by atoms with Gasteiger partial charge in [-0.25, -0.2) is 4.98 Å². The van der Waals surface area contributed by atoms with Crippen molar-refractivity contribution in [1.29, 1.82) is 0 Å². The van der Waals surface area contributed by atoms with Gasteiger partial charge in [0, 0.05) is 5.02 Å². The molecule has 1 aromatic carbocycles. The molecule has 17 heavy (non-hydrogen) atoms. The molecule has 0 aliphatic rings. The molecule has 0 saturated carbocycles. The predicted molar refractivity (Wildman–Crippen MR) is 66.1 cm³/mol. The summed E-state index contributed by atoms with van der Waals surface area (Å²) in [5.74, 6) is 1.76. The highest BCUT2D eigenvalue weighted by atomic mass is 35.5. The van der Waals surface area contributed by atoms with Gasteiger partial charge in [-0.05, 0) is 25.1 Å². The zero-order valence-corrected chi connectivity index (χ0v) is 10.4. The van der Waals surface area contributed by atoms with Crippen LogP contribution in [0.5, 0.6) is 5.75 Å². The maximum Gasteiger partial charge on any atom is 0.211 e. The Morgan fingerprint density at radius 1 is 1.47 bits per heavy atom. The van der Waals surface area contributed by atoms with E-state index < -0.39 is 0 Å². The van der Waals surface area contributed by atoms with Crippen LogP contribution in [-0.2, 0) is 0 Å². The normalized spacial score (nSPS) is 12.5. The van der Waals surface area contributed by atoms with E-state index in [4.69, 9.17) is 26.5 Å². The fourth-order valence-corrected chi connectivity index (χ4v) is 1.67. The molecule has 0 saturated heterocycles. The Morgan fingerprint density at radius 2 is 2.24 bits per heavy atom. The number of hydrogen-bond acceptors (Lipinski definition) is 4. The number of halogens is 1. The summed E-state index contributed by atoms with van der Waals surface area (Å²) in [6.07, 6.45) is 1.62. The zero-order valence-electron chi connectivity index (χ0n) is 9.61. The quantitative estimate of drug-likeness (QED) is 0.912. The van der Waals surface area contributed by atoms with Gasteiger partial charge in [0.1, 0.15) is 5.75 Å². The summed E-state index contributed by atoms with van der Waals surface area (Å²) in [7, 11) is 1.59. The highest BCUT2D eigenvalue weighted by Gasteiger charge is 2.13. The topological polar surface area (TPSA) is 61.3 Å². The summed E-state index contributed by atoms with van der Waals surface area (Å²) in [6, 6.07) is 5.07. The molecule has 0 aliphatic heterocycles. The lowest BCUT2D eigenvalue weighted by molar-refractivity contribution is 0.413. The van der Waals surface area contributed by atoms with Crippen LogP contribution >= 0.6 is 11.6 Å². The molecule has 0 spiro atoms. The van der Waals surface area contributed by atoms with Crippen LogP contribution in [0.3, 0.4) is 0 Å². The smallest absolute Gasteiger partial charge is 0.211 e. The van der Waals surface area contributed by atoms with Crippen molar-refractivity contribution in [1.82, 2.24) is 4.98 Å². The monoisotopic (exact) mass is 252 g/mol. The summed E-state index contributed by atoms with van der Waals surface area (Å²) < 4.78 is 10.8. The van der Waals surface area contributed by atoms with Gasteiger partial charge in [0.25, 0.3) is 0 Å². The van der Waals surface area contributed by atoms with Gasteiger partial charge in [-0.1, -0.05) is 11.6 Å². The van der Waals surface area contributed by atoms with Crippen LogP contribution in [0.1, 0.15) is 18.9 Å². The van der Waals surface area contributed by atoms with Crippen molar-refractivity contribution in [3.8, 4) is 17.1 Å². The number of benzene rings is 1. The molecule has 0 aliphatic carbocycles. The van der Waals surface area contributed by atoms with Gasteiger partial charge in [-0.3, -0.25) is 0 Å². The number of aromatic nitrogens is 1. The van der Waals surface area contributed by atoms with E-state index >= 15 is 0 Å². The molecule has 0 amide bonds. The SMILES string of the molecule is COc1ccc(Cl)cc1-c1cnc(C(C)N)o1. The molecular weight excluding hydrogens is 240 g/mol. The van der Waals surface area contributed by atoms with Gasteiger partial charge in [0.15, 0.2) is 5.76 Å². The van der Waals surface area contributed by atoms with Gasteiger partial charge >= 0.3 is 0 Å². The van der Waals surface area contributed by atoms with Crippen LogP contribution in [0.4, 0.5) is 0 Å². The van der Waals surface area contributed by atoms with E-state index in [0.717, 1.165) is 5.56 Å². The molecule has 2 aromatic rings. The average Bonchev–Trinajstić information content (AvgIpc) is 2.78. The number of nitrogens with zero attached hydrogens (tertiary/aromatic N) is 1. The van der Waals surface area contributed by atoms with Crippen LogP contribution in [-0.4, -0.2) is 12.1 Å². The Kier molecular flexibility index (Phi) is 3.36. The first kappa shape index (κ1) is 12.0. The van der Waals surface area contributed by atoms with Crippen molar-refractivity contribution in [2.45, 2.75) is 13.0 Å². The molecule has 1 heterocycles. The van der Waals surface area contributed by atoms with Crippen molar-refractivity contribution in [3.05, 3.63) is 35.3 Å². The van der Waals surface area contributed by atoms with Gasteiger partial charge in [-0.2, -0.15) is 0 Å². The molecule has 2 rings (SSSR count). The highest BCUT2D eigenvalue weighted by Crippen LogP contribution is 2.33. The number of nitrogens with two attached hydrogens (primary N) is 1. The van der Waals surface area contributed by atoms with Crippen molar-refractivity contribution in [2.75, 3.05) is 7.11 Å². The van der Waals surface area contributed by atoms with E-state index in [1.54, 1.807) is 31.5 Å². The molecule has 2 N–H and O–H groups in total. The largest absolute Gasteiger partial charge is 0.496 e. The highest BCUT2D eigenvalue weighted by molar-refractivity contribution is 6.30. The number of ether oxygens (including phenoxy) is 1. The van der Waals surface area contributed by atoms with Crippen LogP contribution in [0.25, 0.3) is 11.3 Å². The van der Waals surface area contributed by atoms with E-state index in [1.807, 2.05) is 6.92 Å². The third-order valence-corrected chi connectivity index (χ3v) is 2.58. The van der Waals surface area contributed by atoms with Crippen LogP contribution in [0, 0.1) is 0 Å². The minimum absolute atomic E-state index is 0.242.